The number of hydrogen-bond acceptors (Lipinski definition) is 4. The van der Waals surface area contributed by atoms with E-state index in [-0.39, 0.29) is 18.1 Å². The minimum absolute atomic E-state index is 0.259. The first-order valence-electron chi connectivity index (χ1n) is 7.21. The van der Waals surface area contributed by atoms with Gasteiger partial charge in [-0.05, 0) is 40.2 Å². The Kier molecular flexibility index (Phi) is 4.22. The maximum Gasteiger partial charge on any atom is 0.410 e. The molecule has 0 aliphatic carbocycles. The van der Waals surface area contributed by atoms with E-state index >= 15 is 0 Å². The predicted molar refractivity (Wildman–Crippen MR) is 73.5 cm³/mol. The second kappa shape index (κ2) is 5.60. The average Bonchev–Trinajstić information content (AvgIpc) is 2.95. The Morgan fingerprint density at radius 3 is 2.40 bits per heavy atom. The number of amides is 1. The molecule has 0 saturated carbocycles. The van der Waals surface area contributed by atoms with Crippen molar-refractivity contribution in [3.8, 4) is 0 Å². The van der Waals surface area contributed by atoms with E-state index in [0.29, 0.717) is 26.1 Å². The third-order valence-electron chi connectivity index (χ3n) is 3.90. The molecule has 2 fully saturated rings. The third kappa shape index (κ3) is 3.62. The molecule has 0 bridgehead atoms. The van der Waals surface area contributed by atoms with E-state index in [0.717, 1.165) is 13.0 Å². The molecule has 1 amide bonds. The van der Waals surface area contributed by atoms with Crippen molar-refractivity contribution in [2.24, 2.45) is 5.92 Å². The highest BCUT2D eigenvalue weighted by atomic mass is 16.6. The molecule has 20 heavy (non-hydrogen) atoms. The lowest BCUT2D eigenvalue weighted by Gasteiger charge is -2.26. The SMILES string of the molecule is CC(C)(C)OC(=O)N1CC[C@@H](N2CC[C@@H](C(=O)O)C2)C1. The molecule has 114 valence electrons. The summed E-state index contributed by atoms with van der Waals surface area (Å²) in [6.07, 6.45) is 1.33. The van der Waals surface area contributed by atoms with Crippen molar-refractivity contribution in [3.63, 3.8) is 0 Å². The first kappa shape index (κ1) is 15.1. The van der Waals surface area contributed by atoms with Crippen molar-refractivity contribution < 1.29 is 19.4 Å². The molecular formula is C14H24N2O4. The molecule has 2 aliphatic heterocycles. The standard InChI is InChI=1S/C14H24N2O4/c1-14(2,3)20-13(19)16-7-5-11(9-16)15-6-4-10(8-15)12(17)18/h10-11H,4-9H2,1-3H3,(H,17,18)/t10-,11-/m1/s1. The summed E-state index contributed by atoms with van der Waals surface area (Å²) in [6, 6.07) is 0.270. The normalized spacial score (nSPS) is 27.9. The molecule has 0 aromatic rings. The van der Waals surface area contributed by atoms with E-state index in [4.69, 9.17) is 9.84 Å². The van der Waals surface area contributed by atoms with Crippen LogP contribution in [0.4, 0.5) is 4.79 Å². The van der Waals surface area contributed by atoms with Crippen LogP contribution in [-0.2, 0) is 9.53 Å². The smallest absolute Gasteiger partial charge is 0.410 e. The first-order valence-corrected chi connectivity index (χ1v) is 7.21. The maximum absolute atomic E-state index is 12.0. The number of likely N-dealkylation sites (tertiary alicyclic amines) is 2. The molecule has 0 radical (unpaired) electrons. The molecule has 2 atom stereocenters. The second-order valence-electron chi connectivity index (χ2n) is 6.69. The lowest BCUT2D eigenvalue weighted by Crippen LogP contribution is -2.39. The van der Waals surface area contributed by atoms with Gasteiger partial charge in [-0.25, -0.2) is 4.79 Å². The number of carboxylic acid groups (broad SMARTS) is 1. The van der Waals surface area contributed by atoms with Gasteiger partial charge < -0.3 is 14.7 Å². The van der Waals surface area contributed by atoms with Gasteiger partial charge in [-0.15, -0.1) is 0 Å². The Balaban J connectivity index is 1.84. The highest BCUT2D eigenvalue weighted by molar-refractivity contribution is 5.70. The fraction of sp³-hybridized carbons (Fsp3) is 0.857. The van der Waals surface area contributed by atoms with Crippen molar-refractivity contribution in [3.05, 3.63) is 0 Å². The summed E-state index contributed by atoms with van der Waals surface area (Å²) in [5, 5.41) is 9.03. The van der Waals surface area contributed by atoms with Gasteiger partial charge in [0.1, 0.15) is 5.60 Å². The quantitative estimate of drug-likeness (QED) is 0.830. The molecule has 2 aliphatic rings. The molecule has 1 N–H and O–H groups in total. The number of aliphatic carboxylic acids is 1. The van der Waals surface area contributed by atoms with Crippen molar-refractivity contribution in [2.75, 3.05) is 26.2 Å². The number of carbonyl (C=O) groups is 2. The van der Waals surface area contributed by atoms with Crippen LogP contribution < -0.4 is 0 Å². The number of ether oxygens (including phenoxy) is 1. The molecule has 0 aromatic heterocycles. The highest BCUT2D eigenvalue weighted by Gasteiger charge is 2.37. The number of hydrogen-bond donors (Lipinski definition) is 1. The molecular weight excluding hydrogens is 260 g/mol. The van der Waals surface area contributed by atoms with E-state index < -0.39 is 11.6 Å². The van der Waals surface area contributed by atoms with Crippen LogP contribution in [0.15, 0.2) is 0 Å². The lowest BCUT2D eigenvalue weighted by molar-refractivity contribution is -0.141. The molecule has 6 heteroatoms. The summed E-state index contributed by atoms with van der Waals surface area (Å²) in [7, 11) is 0. The topological polar surface area (TPSA) is 70.1 Å². The van der Waals surface area contributed by atoms with Crippen LogP contribution >= 0.6 is 0 Å². The van der Waals surface area contributed by atoms with E-state index in [1.807, 2.05) is 20.8 Å². The van der Waals surface area contributed by atoms with Crippen LogP contribution in [0.25, 0.3) is 0 Å². The molecule has 0 unspecified atom stereocenters. The summed E-state index contributed by atoms with van der Waals surface area (Å²) < 4.78 is 5.37. The van der Waals surface area contributed by atoms with Crippen LogP contribution in [0.3, 0.4) is 0 Å². The van der Waals surface area contributed by atoms with Gasteiger partial charge in [0.15, 0.2) is 0 Å². The van der Waals surface area contributed by atoms with Gasteiger partial charge in [-0.3, -0.25) is 9.69 Å². The van der Waals surface area contributed by atoms with Crippen LogP contribution in [0.1, 0.15) is 33.6 Å². The summed E-state index contributed by atoms with van der Waals surface area (Å²) in [6.45, 7) is 8.31. The van der Waals surface area contributed by atoms with Crippen molar-refractivity contribution in [1.82, 2.24) is 9.80 Å². The minimum Gasteiger partial charge on any atom is -0.481 e. The van der Waals surface area contributed by atoms with Crippen molar-refractivity contribution in [2.45, 2.75) is 45.3 Å². The zero-order valence-electron chi connectivity index (χ0n) is 12.5. The fourth-order valence-electron chi connectivity index (χ4n) is 2.85. The van der Waals surface area contributed by atoms with Crippen molar-refractivity contribution >= 4 is 12.1 Å². The van der Waals surface area contributed by atoms with Crippen LogP contribution in [-0.4, -0.2) is 64.8 Å². The molecule has 6 nitrogen and oxygen atoms in total. The van der Waals surface area contributed by atoms with E-state index in [2.05, 4.69) is 4.90 Å². The molecule has 0 aromatic carbocycles. The Morgan fingerprint density at radius 1 is 1.15 bits per heavy atom. The predicted octanol–water partition coefficient (Wildman–Crippen LogP) is 1.40. The summed E-state index contributed by atoms with van der Waals surface area (Å²) in [5.41, 5.74) is -0.475. The van der Waals surface area contributed by atoms with Crippen molar-refractivity contribution in [1.29, 1.82) is 0 Å². The fourth-order valence-corrected chi connectivity index (χ4v) is 2.85. The summed E-state index contributed by atoms with van der Waals surface area (Å²) in [5.74, 6) is -0.972. The van der Waals surface area contributed by atoms with Gasteiger partial charge >= 0.3 is 12.1 Å². The Labute approximate surface area is 119 Å². The summed E-state index contributed by atoms with van der Waals surface area (Å²) in [4.78, 5) is 26.9. The van der Waals surface area contributed by atoms with E-state index in [9.17, 15) is 9.59 Å². The number of nitrogens with zero attached hydrogens (tertiary/aromatic N) is 2. The Bertz CT molecular complexity index is 391. The zero-order chi connectivity index (χ0) is 14.9. The summed E-state index contributed by atoms with van der Waals surface area (Å²) >= 11 is 0. The van der Waals surface area contributed by atoms with Gasteiger partial charge in [-0.2, -0.15) is 0 Å². The van der Waals surface area contributed by atoms with Crippen LogP contribution in [0.5, 0.6) is 0 Å². The highest BCUT2D eigenvalue weighted by Crippen LogP contribution is 2.25. The minimum atomic E-state index is -0.713. The monoisotopic (exact) mass is 284 g/mol. The molecule has 2 heterocycles. The average molecular weight is 284 g/mol. The van der Waals surface area contributed by atoms with Gasteiger partial charge in [-0.1, -0.05) is 0 Å². The first-order chi connectivity index (χ1) is 9.26. The van der Waals surface area contributed by atoms with Gasteiger partial charge in [0.25, 0.3) is 0 Å². The lowest BCUT2D eigenvalue weighted by atomic mass is 10.1. The number of carboxylic acids is 1. The molecule has 0 spiro atoms. The van der Waals surface area contributed by atoms with Gasteiger partial charge in [0.05, 0.1) is 5.92 Å². The van der Waals surface area contributed by atoms with Crippen LogP contribution in [0.2, 0.25) is 0 Å². The molecule has 2 rings (SSSR count). The molecule has 2 saturated heterocycles. The van der Waals surface area contributed by atoms with E-state index in [1.165, 1.54) is 0 Å². The Hall–Kier alpha value is -1.30. The maximum atomic E-state index is 12.0. The largest absolute Gasteiger partial charge is 0.481 e. The zero-order valence-corrected chi connectivity index (χ0v) is 12.5. The van der Waals surface area contributed by atoms with Gasteiger partial charge in [0.2, 0.25) is 0 Å². The van der Waals surface area contributed by atoms with Gasteiger partial charge in [0, 0.05) is 25.7 Å². The number of carbonyl (C=O) groups excluding carboxylic acids is 1. The number of rotatable bonds is 2. The third-order valence-corrected chi connectivity index (χ3v) is 3.90. The van der Waals surface area contributed by atoms with E-state index in [1.54, 1.807) is 4.90 Å². The van der Waals surface area contributed by atoms with Crippen LogP contribution in [0, 0.1) is 5.92 Å². The Morgan fingerprint density at radius 2 is 1.85 bits per heavy atom. The second-order valence-corrected chi connectivity index (χ2v) is 6.69.